The molecule has 0 unspecified atom stereocenters. The Morgan fingerprint density at radius 3 is 2.35 bits per heavy atom. The summed E-state index contributed by atoms with van der Waals surface area (Å²) in [6.45, 7) is 3.18. The minimum Gasteiger partial charge on any atom is -0.389 e. The largest absolute Gasteiger partial charge is 0.389 e. The van der Waals surface area contributed by atoms with Crippen LogP contribution in [0.1, 0.15) is 67.0 Å². The smallest absolute Gasteiger partial charge is 0.205 e. The molecule has 104 valence electrons. The van der Waals surface area contributed by atoms with Crippen LogP contribution in [0.2, 0.25) is 0 Å². The lowest BCUT2D eigenvalue weighted by Gasteiger charge is -2.12. The molecule has 0 saturated heterocycles. The molecule has 0 aromatic carbocycles. The molecule has 1 aliphatic rings. The second-order valence-electron chi connectivity index (χ2n) is 4.80. The number of carbonyl (C=O) groups is 2. The predicted octanol–water partition coefficient (Wildman–Crippen LogP) is 2.69. The van der Waals surface area contributed by atoms with Crippen LogP contribution in [-0.4, -0.2) is 21.8 Å². The summed E-state index contributed by atoms with van der Waals surface area (Å²) >= 11 is 2.33. The molecule has 6 heteroatoms. The van der Waals surface area contributed by atoms with E-state index in [9.17, 15) is 19.8 Å². The number of rotatable bonds is 2. The Labute approximate surface area is 123 Å². The lowest BCUT2D eigenvalue weighted by Crippen LogP contribution is -2.18. The van der Waals surface area contributed by atoms with E-state index in [4.69, 9.17) is 0 Å². The van der Waals surface area contributed by atoms with Crippen molar-refractivity contribution in [3.8, 4) is 0 Å². The lowest BCUT2D eigenvalue weighted by atomic mass is 9.91. The molecule has 2 aromatic rings. The zero-order valence-electron chi connectivity index (χ0n) is 10.8. The molecule has 2 heterocycles. The van der Waals surface area contributed by atoms with Gasteiger partial charge in [0.15, 0.2) is 0 Å². The highest BCUT2D eigenvalue weighted by Gasteiger charge is 2.36. The van der Waals surface area contributed by atoms with E-state index in [0.29, 0.717) is 31.3 Å². The summed E-state index contributed by atoms with van der Waals surface area (Å²) in [5.41, 5.74) is 1.19. The second-order valence-corrected chi connectivity index (χ2v) is 6.76. The summed E-state index contributed by atoms with van der Waals surface area (Å²) in [5, 5.41) is 21.0. The minimum atomic E-state index is -0.788. The van der Waals surface area contributed by atoms with Gasteiger partial charge in [0.05, 0.1) is 27.5 Å². The summed E-state index contributed by atoms with van der Waals surface area (Å²) in [5.74, 6) is -0.432. The van der Waals surface area contributed by atoms with Gasteiger partial charge in [0, 0.05) is 16.0 Å². The number of fused-ring (bicyclic) bond motifs is 2. The topological polar surface area (TPSA) is 74.6 Å². The number of aliphatic hydroxyl groups excluding tert-OH is 2. The van der Waals surface area contributed by atoms with Crippen molar-refractivity contribution in [1.82, 2.24) is 0 Å². The molecule has 1 aliphatic carbocycles. The molecule has 0 fully saturated rings. The minimum absolute atomic E-state index is 0.199. The highest BCUT2D eigenvalue weighted by Crippen LogP contribution is 2.40. The van der Waals surface area contributed by atoms with E-state index in [1.165, 1.54) is 11.3 Å². The van der Waals surface area contributed by atoms with Gasteiger partial charge in [0.2, 0.25) is 11.6 Å². The highest BCUT2D eigenvalue weighted by atomic mass is 32.1. The van der Waals surface area contributed by atoms with Gasteiger partial charge >= 0.3 is 0 Å². The average Bonchev–Trinajstić information content (AvgIpc) is 3.00. The van der Waals surface area contributed by atoms with Crippen molar-refractivity contribution in [3.63, 3.8) is 0 Å². The van der Waals surface area contributed by atoms with E-state index in [0.717, 1.165) is 11.3 Å². The van der Waals surface area contributed by atoms with Crippen molar-refractivity contribution in [2.75, 3.05) is 0 Å². The highest BCUT2D eigenvalue weighted by molar-refractivity contribution is 7.16. The third-order valence-electron chi connectivity index (χ3n) is 3.32. The van der Waals surface area contributed by atoms with Gasteiger partial charge in [-0.05, 0) is 25.3 Å². The van der Waals surface area contributed by atoms with Gasteiger partial charge in [-0.1, -0.05) is 0 Å². The van der Waals surface area contributed by atoms with Gasteiger partial charge in [-0.15, -0.1) is 22.7 Å². The summed E-state index contributed by atoms with van der Waals surface area (Å²) in [6, 6.07) is 1.59. The second kappa shape index (κ2) is 4.60. The van der Waals surface area contributed by atoms with Crippen molar-refractivity contribution in [1.29, 1.82) is 0 Å². The van der Waals surface area contributed by atoms with Crippen LogP contribution >= 0.6 is 22.7 Å². The first-order valence-electron chi connectivity index (χ1n) is 6.12. The fourth-order valence-corrected chi connectivity index (χ4v) is 4.41. The van der Waals surface area contributed by atoms with Gasteiger partial charge in [-0.3, -0.25) is 9.59 Å². The van der Waals surface area contributed by atoms with Crippen LogP contribution in [0.15, 0.2) is 11.4 Å². The molecule has 0 amide bonds. The van der Waals surface area contributed by atoms with E-state index in [-0.39, 0.29) is 11.6 Å². The summed E-state index contributed by atoms with van der Waals surface area (Å²) in [7, 11) is 0. The van der Waals surface area contributed by atoms with E-state index in [1.54, 1.807) is 25.3 Å². The quantitative estimate of drug-likeness (QED) is 0.763. The van der Waals surface area contributed by atoms with E-state index in [1.807, 2.05) is 0 Å². The summed E-state index contributed by atoms with van der Waals surface area (Å²) in [6.07, 6.45) is -1.50. The Morgan fingerprint density at radius 2 is 1.75 bits per heavy atom. The average molecular weight is 308 g/mol. The summed E-state index contributed by atoms with van der Waals surface area (Å²) < 4.78 is 0. The van der Waals surface area contributed by atoms with Crippen molar-refractivity contribution in [2.45, 2.75) is 26.1 Å². The number of aliphatic hydroxyl groups is 2. The van der Waals surface area contributed by atoms with Crippen LogP contribution in [0, 0.1) is 0 Å². The molecular weight excluding hydrogens is 296 g/mol. The fraction of sp³-hybridized carbons (Fsp3) is 0.286. The molecule has 0 radical (unpaired) electrons. The van der Waals surface area contributed by atoms with Crippen LogP contribution in [-0.2, 0) is 0 Å². The van der Waals surface area contributed by atoms with Gasteiger partial charge in [-0.25, -0.2) is 0 Å². The molecule has 3 rings (SSSR count). The standard InChI is InChI=1S/C14H12O4S2/c1-5(15)8-4-19-14-10(8)12(18)13-7(11(14)17)3-9(20-13)6(2)16/h3-6,15-16H,1-2H3/t5-,6+/m1/s1. The third kappa shape index (κ3) is 1.80. The Bertz CT molecular complexity index is 718. The van der Waals surface area contributed by atoms with Crippen LogP contribution in [0.5, 0.6) is 0 Å². The molecule has 2 aromatic heterocycles. The first-order valence-corrected chi connectivity index (χ1v) is 7.82. The van der Waals surface area contributed by atoms with Crippen molar-refractivity contribution < 1.29 is 19.8 Å². The first kappa shape index (κ1) is 13.6. The number of carbonyl (C=O) groups excluding carboxylic acids is 2. The van der Waals surface area contributed by atoms with Gasteiger partial charge in [0.25, 0.3) is 0 Å². The maximum absolute atomic E-state index is 12.5. The Morgan fingerprint density at radius 1 is 1.05 bits per heavy atom. The monoisotopic (exact) mass is 308 g/mol. The van der Waals surface area contributed by atoms with Crippen LogP contribution in [0.3, 0.4) is 0 Å². The number of hydrogen-bond acceptors (Lipinski definition) is 6. The van der Waals surface area contributed by atoms with Crippen molar-refractivity contribution in [2.24, 2.45) is 0 Å². The number of ketones is 2. The molecule has 0 bridgehead atoms. The van der Waals surface area contributed by atoms with Crippen LogP contribution in [0.4, 0.5) is 0 Å². The van der Waals surface area contributed by atoms with Gasteiger partial charge in [-0.2, -0.15) is 0 Å². The molecule has 4 nitrogen and oxygen atoms in total. The molecular formula is C14H12O4S2. The van der Waals surface area contributed by atoms with E-state index >= 15 is 0 Å². The fourth-order valence-electron chi connectivity index (χ4n) is 2.27. The Balaban J connectivity index is 2.21. The maximum Gasteiger partial charge on any atom is 0.205 e. The predicted molar refractivity (Wildman–Crippen MR) is 76.8 cm³/mol. The Hall–Kier alpha value is -1.34. The molecule has 0 saturated carbocycles. The molecule has 2 atom stereocenters. The van der Waals surface area contributed by atoms with Gasteiger partial charge in [0.1, 0.15) is 0 Å². The molecule has 20 heavy (non-hydrogen) atoms. The number of hydrogen-bond donors (Lipinski definition) is 2. The van der Waals surface area contributed by atoms with Crippen molar-refractivity contribution >= 4 is 34.2 Å². The first-order chi connectivity index (χ1) is 9.41. The maximum atomic E-state index is 12.5. The normalized spacial score (nSPS) is 16.8. The van der Waals surface area contributed by atoms with E-state index in [2.05, 4.69) is 0 Å². The zero-order valence-corrected chi connectivity index (χ0v) is 12.5. The SMILES string of the molecule is C[C@H](O)c1cc2c(s1)C(=O)c1c([C@@H](C)O)csc1C2=O. The van der Waals surface area contributed by atoms with Crippen LogP contribution in [0.25, 0.3) is 0 Å². The van der Waals surface area contributed by atoms with Crippen LogP contribution < -0.4 is 0 Å². The summed E-state index contributed by atoms with van der Waals surface area (Å²) in [4.78, 5) is 26.3. The number of thiophene rings is 2. The molecule has 0 aliphatic heterocycles. The lowest BCUT2D eigenvalue weighted by molar-refractivity contribution is 0.0982. The Kier molecular flexibility index (Phi) is 3.13. The van der Waals surface area contributed by atoms with Crippen molar-refractivity contribution in [3.05, 3.63) is 42.8 Å². The van der Waals surface area contributed by atoms with Gasteiger partial charge < -0.3 is 10.2 Å². The molecule has 0 spiro atoms. The molecule has 2 N–H and O–H groups in total. The third-order valence-corrected chi connectivity index (χ3v) is 5.62. The zero-order chi connectivity index (χ0) is 14.6. The van der Waals surface area contributed by atoms with E-state index < -0.39 is 12.2 Å².